The van der Waals surface area contributed by atoms with Crippen molar-refractivity contribution in [1.82, 2.24) is 20.4 Å². The maximum absolute atomic E-state index is 12.5. The Balaban J connectivity index is 1.32. The average Bonchev–Trinajstić information content (AvgIpc) is 3.30. The minimum absolute atomic E-state index is 0.195. The zero-order chi connectivity index (χ0) is 21.7. The highest BCUT2D eigenvalue weighted by molar-refractivity contribution is 5.74. The van der Waals surface area contributed by atoms with Crippen LogP contribution in [0.2, 0.25) is 0 Å². The first-order valence-electron chi connectivity index (χ1n) is 10.5. The molecule has 1 aliphatic heterocycles. The van der Waals surface area contributed by atoms with Gasteiger partial charge in [-0.15, -0.1) is 0 Å². The Morgan fingerprint density at radius 2 is 1.81 bits per heavy atom. The maximum Gasteiger partial charge on any atom is 0.315 e. The molecule has 2 aromatic carbocycles. The number of ether oxygens (including phenoxy) is 2. The van der Waals surface area contributed by atoms with Crippen LogP contribution >= 0.6 is 0 Å². The summed E-state index contributed by atoms with van der Waals surface area (Å²) >= 11 is 0. The highest BCUT2D eigenvalue weighted by atomic mass is 16.6. The highest BCUT2D eigenvalue weighted by Crippen LogP contribution is 2.34. The second-order valence-corrected chi connectivity index (χ2v) is 8.25. The van der Waals surface area contributed by atoms with Gasteiger partial charge in [0.15, 0.2) is 11.5 Å². The van der Waals surface area contributed by atoms with Crippen LogP contribution in [0.5, 0.6) is 11.5 Å². The summed E-state index contributed by atoms with van der Waals surface area (Å²) < 4.78 is 13.2. The SMILES string of the molecule is CC(C)(CNC(=O)NCc1ccccc1Cn1cccn1)c1ccc2c(c1)OCCO2. The maximum atomic E-state index is 12.5. The lowest BCUT2D eigenvalue weighted by Gasteiger charge is -2.28. The van der Waals surface area contributed by atoms with Crippen LogP contribution in [0.15, 0.2) is 60.9 Å². The first kappa shape index (κ1) is 20.8. The summed E-state index contributed by atoms with van der Waals surface area (Å²) in [6.07, 6.45) is 3.69. The van der Waals surface area contributed by atoms with E-state index in [0.717, 1.165) is 28.2 Å². The first-order chi connectivity index (χ1) is 15.0. The van der Waals surface area contributed by atoms with E-state index in [9.17, 15) is 4.79 Å². The second kappa shape index (κ2) is 9.12. The van der Waals surface area contributed by atoms with E-state index in [1.807, 2.05) is 53.3 Å². The van der Waals surface area contributed by atoms with Crippen molar-refractivity contribution in [3.8, 4) is 11.5 Å². The van der Waals surface area contributed by atoms with Crippen LogP contribution in [0, 0.1) is 0 Å². The average molecular weight is 421 g/mol. The number of amides is 2. The Kier molecular flexibility index (Phi) is 6.11. The highest BCUT2D eigenvalue weighted by Gasteiger charge is 2.24. The van der Waals surface area contributed by atoms with Crippen LogP contribution in [0.25, 0.3) is 0 Å². The molecular formula is C24H28N4O3. The molecule has 0 saturated heterocycles. The summed E-state index contributed by atoms with van der Waals surface area (Å²) in [4.78, 5) is 12.5. The molecule has 0 fully saturated rings. The molecule has 0 unspecified atom stereocenters. The van der Waals surface area contributed by atoms with E-state index in [1.165, 1.54) is 0 Å². The van der Waals surface area contributed by atoms with Gasteiger partial charge in [0.1, 0.15) is 13.2 Å². The molecule has 1 aliphatic rings. The molecule has 2 amide bonds. The van der Waals surface area contributed by atoms with E-state index in [1.54, 1.807) is 6.20 Å². The lowest BCUT2D eigenvalue weighted by atomic mass is 9.84. The van der Waals surface area contributed by atoms with Crippen molar-refractivity contribution in [2.75, 3.05) is 19.8 Å². The summed E-state index contributed by atoms with van der Waals surface area (Å²) in [6, 6.07) is 15.7. The van der Waals surface area contributed by atoms with Crippen molar-refractivity contribution >= 4 is 6.03 Å². The topological polar surface area (TPSA) is 77.4 Å². The summed E-state index contributed by atoms with van der Waals surface area (Å²) in [6.45, 7) is 6.93. The van der Waals surface area contributed by atoms with Gasteiger partial charge in [-0.3, -0.25) is 4.68 Å². The fourth-order valence-electron chi connectivity index (χ4n) is 3.56. The zero-order valence-electron chi connectivity index (χ0n) is 17.9. The van der Waals surface area contributed by atoms with Crippen LogP contribution in [-0.2, 0) is 18.5 Å². The van der Waals surface area contributed by atoms with Crippen LogP contribution in [0.3, 0.4) is 0 Å². The molecule has 7 heteroatoms. The monoisotopic (exact) mass is 420 g/mol. The van der Waals surface area contributed by atoms with Crippen molar-refractivity contribution in [2.45, 2.75) is 32.4 Å². The minimum atomic E-state index is -0.259. The van der Waals surface area contributed by atoms with Gasteiger partial charge < -0.3 is 20.1 Å². The largest absolute Gasteiger partial charge is 0.486 e. The molecule has 0 spiro atoms. The standard InChI is InChI=1S/C24H28N4O3/c1-24(2,20-8-9-21-22(14-20)31-13-12-30-21)17-26-23(29)25-15-18-6-3-4-7-19(18)16-28-11-5-10-27-28/h3-11,14H,12-13,15-17H2,1-2H3,(H2,25,26,29). The van der Waals surface area contributed by atoms with Crippen LogP contribution < -0.4 is 20.1 Å². The number of carbonyl (C=O) groups is 1. The molecule has 0 atom stereocenters. The van der Waals surface area contributed by atoms with Gasteiger partial charge >= 0.3 is 6.03 Å². The van der Waals surface area contributed by atoms with Crippen molar-refractivity contribution in [3.05, 3.63) is 77.6 Å². The van der Waals surface area contributed by atoms with Crippen LogP contribution in [0.4, 0.5) is 4.79 Å². The molecule has 0 aliphatic carbocycles. The first-order valence-corrected chi connectivity index (χ1v) is 10.5. The number of nitrogens with zero attached hydrogens (tertiary/aromatic N) is 2. The van der Waals surface area contributed by atoms with Crippen molar-refractivity contribution in [1.29, 1.82) is 0 Å². The Hall–Kier alpha value is -3.48. The Morgan fingerprint density at radius 3 is 2.58 bits per heavy atom. The van der Waals surface area contributed by atoms with E-state index < -0.39 is 0 Å². The lowest BCUT2D eigenvalue weighted by Crippen LogP contribution is -2.42. The molecular weight excluding hydrogens is 392 g/mol. The van der Waals surface area contributed by atoms with E-state index in [0.29, 0.717) is 32.8 Å². The number of benzene rings is 2. The smallest absolute Gasteiger partial charge is 0.315 e. The number of fused-ring (bicyclic) bond motifs is 1. The van der Waals surface area contributed by atoms with Crippen LogP contribution in [-0.4, -0.2) is 35.6 Å². The Bertz CT molecular complexity index is 1030. The number of hydrogen-bond donors (Lipinski definition) is 2. The van der Waals surface area contributed by atoms with Crippen LogP contribution in [0.1, 0.15) is 30.5 Å². The van der Waals surface area contributed by atoms with E-state index in [2.05, 4.69) is 35.6 Å². The van der Waals surface area contributed by atoms with Crippen molar-refractivity contribution < 1.29 is 14.3 Å². The number of hydrogen-bond acceptors (Lipinski definition) is 4. The van der Waals surface area contributed by atoms with Gasteiger partial charge in [-0.1, -0.05) is 44.2 Å². The molecule has 0 saturated carbocycles. The zero-order valence-corrected chi connectivity index (χ0v) is 17.9. The third-order valence-electron chi connectivity index (χ3n) is 5.46. The van der Waals surface area contributed by atoms with Crippen molar-refractivity contribution in [3.63, 3.8) is 0 Å². The van der Waals surface area contributed by atoms with E-state index in [-0.39, 0.29) is 11.4 Å². The number of nitrogens with one attached hydrogen (secondary N) is 2. The lowest BCUT2D eigenvalue weighted by molar-refractivity contribution is 0.171. The molecule has 2 N–H and O–H groups in total. The minimum Gasteiger partial charge on any atom is -0.486 e. The number of rotatable bonds is 7. The summed E-state index contributed by atoms with van der Waals surface area (Å²) in [5.41, 5.74) is 3.02. The van der Waals surface area contributed by atoms with Gasteiger partial charge in [0.25, 0.3) is 0 Å². The van der Waals surface area contributed by atoms with Gasteiger partial charge in [0.2, 0.25) is 0 Å². The second-order valence-electron chi connectivity index (χ2n) is 8.25. The van der Waals surface area contributed by atoms with E-state index in [4.69, 9.17) is 9.47 Å². The molecule has 0 radical (unpaired) electrons. The molecule has 4 rings (SSSR count). The number of carbonyl (C=O) groups excluding carboxylic acids is 1. The van der Waals surface area contributed by atoms with E-state index >= 15 is 0 Å². The normalized spacial score (nSPS) is 13.0. The number of urea groups is 1. The molecule has 3 aromatic rings. The summed E-state index contributed by atoms with van der Waals surface area (Å²) in [5, 5.41) is 10.2. The number of aromatic nitrogens is 2. The third kappa shape index (κ3) is 5.17. The van der Waals surface area contributed by atoms with Gasteiger partial charge in [0, 0.05) is 30.9 Å². The predicted octanol–water partition coefficient (Wildman–Crippen LogP) is 3.48. The Labute approximate surface area is 182 Å². The Morgan fingerprint density at radius 1 is 1.03 bits per heavy atom. The third-order valence-corrected chi connectivity index (χ3v) is 5.46. The van der Waals surface area contributed by atoms with Gasteiger partial charge in [-0.25, -0.2) is 4.79 Å². The molecule has 31 heavy (non-hydrogen) atoms. The molecule has 0 bridgehead atoms. The summed E-state index contributed by atoms with van der Waals surface area (Å²) in [7, 11) is 0. The predicted molar refractivity (Wildman–Crippen MR) is 118 cm³/mol. The van der Waals surface area contributed by atoms with Crippen molar-refractivity contribution in [2.24, 2.45) is 0 Å². The molecule has 1 aromatic heterocycles. The molecule has 162 valence electrons. The molecule has 2 heterocycles. The fraction of sp³-hybridized carbons (Fsp3) is 0.333. The molecule has 7 nitrogen and oxygen atoms in total. The quantitative estimate of drug-likeness (QED) is 0.614. The summed E-state index contributed by atoms with van der Waals surface area (Å²) in [5.74, 6) is 1.53. The fourth-order valence-corrected chi connectivity index (χ4v) is 3.56. The van der Waals surface area contributed by atoms with Gasteiger partial charge in [0.05, 0.1) is 6.54 Å². The van der Waals surface area contributed by atoms with Gasteiger partial charge in [-0.05, 0) is 34.9 Å². The van der Waals surface area contributed by atoms with Gasteiger partial charge in [-0.2, -0.15) is 5.10 Å².